The number of aliphatic imine (C=N–C) groups is 1. The lowest BCUT2D eigenvalue weighted by molar-refractivity contribution is 0.741. The minimum atomic E-state index is 0.179. The molecule has 0 spiro atoms. The van der Waals surface area contributed by atoms with Gasteiger partial charge in [0, 0.05) is 16.0 Å². The van der Waals surface area contributed by atoms with E-state index in [0.29, 0.717) is 11.2 Å². The second kappa shape index (κ2) is 2.86. The quantitative estimate of drug-likeness (QED) is 0.751. The summed E-state index contributed by atoms with van der Waals surface area (Å²) in [5.41, 5.74) is 1.39. The van der Waals surface area contributed by atoms with Crippen LogP contribution in [0.5, 0.6) is 0 Å². The van der Waals surface area contributed by atoms with Crippen molar-refractivity contribution in [3.63, 3.8) is 0 Å². The standard InChI is InChI=1S/C11H14N2S2/c1-5-9(14-6(2)12-5)8-10-11(8,4)13-7(3)15-10/h8,10H,1-4H3. The van der Waals surface area contributed by atoms with Crippen LogP contribution in [0.1, 0.15) is 35.3 Å². The van der Waals surface area contributed by atoms with Crippen LogP contribution in [0, 0.1) is 13.8 Å². The van der Waals surface area contributed by atoms with Gasteiger partial charge in [0.05, 0.1) is 21.3 Å². The van der Waals surface area contributed by atoms with Crippen LogP contribution in [0.2, 0.25) is 0 Å². The Kier molecular flexibility index (Phi) is 1.88. The topological polar surface area (TPSA) is 25.2 Å². The molecule has 0 N–H and O–H groups in total. The van der Waals surface area contributed by atoms with Gasteiger partial charge < -0.3 is 0 Å². The van der Waals surface area contributed by atoms with Crippen molar-refractivity contribution in [1.82, 2.24) is 4.98 Å². The first-order valence-electron chi connectivity index (χ1n) is 5.19. The molecule has 1 aromatic heterocycles. The molecular weight excluding hydrogens is 224 g/mol. The molecule has 2 aliphatic rings. The molecular formula is C11H14N2S2. The Balaban J connectivity index is 1.97. The van der Waals surface area contributed by atoms with Gasteiger partial charge >= 0.3 is 0 Å². The first kappa shape index (κ1) is 9.85. The Hall–Kier alpha value is -0.350. The molecule has 0 saturated heterocycles. The molecule has 4 heteroatoms. The molecule has 0 amide bonds. The van der Waals surface area contributed by atoms with E-state index < -0.39 is 0 Å². The minimum Gasteiger partial charge on any atom is -0.275 e. The Morgan fingerprint density at radius 2 is 2.00 bits per heavy atom. The normalized spacial score (nSPS) is 37.7. The highest BCUT2D eigenvalue weighted by atomic mass is 32.2. The van der Waals surface area contributed by atoms with E-state index in [1.807, 2.05) is 23.1 Å². The average Bonchev–Trinajstić information content (AvgIpc) is 2.40. The van der Waals surface area contributed by atoms with Crippen molar-refractivity contribution in [2.45, 2.75) is 44.4 Å². The maximum atomic E-state index is 4.76. The van der Waals surface area contributed by atoms with Crippen molar-refractivity contribution in [2.24, 2.45) is 4.99 Å². The number of rotatable bonds is 1. The zero-order chi connectivity index (χ0) is 10.8. The molecule has 3 atom stereocenters. The van der Waals surface area contributed by atoms with Crippen molar-refractivity contribution < 1.29 is 0 Å². The molecule has 2 heterocycles. The first-order valence-corrected chi connectivity index (χ1v) is 6.89. The van der Waals surface area contributed by atoms with Gasteiger partial charge in [0.2, 0.25) is 0 Å². The minimum absolute atomic E-state index is 0.179. The van der Waals surface area contributed by atoms with Crippen LogP contribution in [-0.4, -0.2) is 20.8 Å². The summed E-state index contributed by atoms with van der Waals surface area (Å²) < 4.78 is 0. The summed E-state index contributed by atoms with van der Waals surface area (Å²) >= 11 is 3.79. The Bertz CT molecular complexity index is 463. The number of hydrogen-bond donors (Lipinski definition) is 0. The van der Waals surface area contributed by atoms with Crippen LogP contribution in [0.3, 0.4) is 0 Å². The number of thiazole rings is 1. The van der Waals surface area contributed by atoms with Gasteiger partial charge in [-0.25, -0.2) is 4.98 Å². The molecule has 3 rings (SSSR count). The highest BCUT2D eigenvalue weighted by molar-refractivity contribution is 8.15. The molecule has 80 valence electrons. The lowest BCUT2D eigenvalue weighted by Gasteiger charge is -2.03. The summed E-state index contributed by atoms with van der Waals surface area (Å²) in [7, 11) is 0. The van der Waals surface area contributed by atoms with Gasteiger partial charge in [0.25, 0.3) is 0 Å². The highest BCUT2D eigenvalue weighted by Crippen LogP contribution is 2.65. The van der Waals surface area contributed by atoms with Gasteiger partial charge in [0.1, 0.15) is 0 Å². The first-order chi connectivity index (χ1) is 7.02. The zero-order valence-electron chi connectivity index (χ0n) is 9.37. The van der Waals surface area contributed by atoms with E-state index in [9.17, 15) is 0 Å². The third-order valence-electron chi connectivity index (χ3n) is 3.32. The van der Waals surface area contributed by atoms with E-state index in [2.05, 4.69) is 32.7 Å². The SMILES string of the molecule is CC1=NC2(C)C(S1)C2c1sc(C)nc1C. The smallest absolute Gasteiger partial charge is 0.0900 e. The highest BCUT2D eigenvalue weighted by Gasteiger charge is 2.67. The van der Waals surface area contributed by atoms with Gasteiger partial charge in [-0.15, -0.1) is 23.1 Å². The number of thioether (sulfide) groups is 1. The Labute approximate surface area is 98.2 Å². The number of fused-ring (bicyclic) bond motifs is 1. The van der Waals surface area contributed by atoms with Gasteiger partial charge in [-0.2, -0.15) is 0 Å². The van der Waals surface area contributed by atoms with Crippen LogP contribution >= 0.6 is 23.1 Å². The summed E-state index contributed by atoms with van der Waals surface area (Å²) in [5, 5.41) is 3.11. The van der Waals surface area contributed by atoms with Crippen molar-refractivity contribution >= 4 is 28.1 Å². The lowest BCUT2D eigenvalue weighted by Crippen LogP contribution is -2.01. The summed E-state index contributed by atoms with van der Waals surface area (Å²) in [6.45, 7) is 8.60. The molecule has 3 unspecified atom stereocenters. The monoisotopic (exact) mass is 238 g/mol. The summed E-state index contributed by atoms with van der Waals surface area (Å²) in [4.78, 5) is 10.7. The zero-order valence-corrected chi connectivity index (χ0v) is 11.0. The molecule has 1 aromatic rings. The van der Waals surface area contributed by atoms with Crippen LogP contribution in [0.25, 0.3) is 0 Å². The number of aryl methyl sites for hydroxylation is 2. The van der Waals surface area contributed by atoms with Crippen LogP contribution in [0.15, 0.2) is 4.99 Å². The van der Waals surface area contributed by atoms with E-state index in [-0.39, 0.29) is 5.54 Å². The fourth-order valence-corrected chi connectivity index (χ4v) is 5.38. The van der Waals surface area contributed by atoms with Gasteiger partial charge in [-0.3, -0.25) is 4.99 Å². The lowest BCUT2D eigenvalue weighted by atomic mass is 10.2. The molecule has 1 aliphatic carbocycles. The molecule has 1 aliphatic heterocycles. The van der Waals surface area contributed by atoms with Gasteiger partial charge in [0.15, 0.2) is 0 Å². The van der Waals surface area contributed by atoms with Crippen molar-refractivity contribution in [3.05, 3.63) is 15.6 Å². The maximum Gasteiger partial charge on any atom is 0.0900 e. The largest absolute Gasteiger partial charge is 0.275 e. The van der Waals surface area contributed by atoms with E-state index in [0.717, 1.165) is 0 Å². The van der Waals surface area contributed by atoms with Crippen molar-refractivity contribution in [2.75, 3.05) is 0 Å². The fourth-order valence-electron chi connectivity index (χ4n) is 2.57. The summed E-state index contributed by atoms with van der Waals surface area (Å²) in [6.07, 6.45) is 0. The molecule has 0 bridgehead atoms. The van der Waals surface area contributed by atoms with Crippen LogP contribution in [0.4, 0.5) is 0 Å². The predicted molar refractivity (Wildman–Crippen MR) is 67.2 cm³/mol. The molecule has 2 nitrogen and oxygen atoms in total. The summed E-state index contributed by atoms with van der Waals surface area (Å²) in [6, 6.07) is 0. The second-order valence-electron chi connectivity index (χ2n) is 4.56. The van der Waals surface area contributed by atoms with E-state index in [4.69, 9.17) is 4.99 Å². The average molecular weight is 238 g/mol. The second-order valence-corrected chi connectivity index (χ2v) is 7.12. The van der Waals surface area contributed by atoms with Gasteiger partial charge in [-0.1, -0.05) is 0 Å². The number of aromatic nitrogens is 1. The molecule has 1 saturated carbocycles. The van der Waals surface area contributed by atoms with E-state index in [1.54, 1.807) is 0 Å². The third-order valence-corrected chi connectivity index (χ3v) is 5.91. The maximum absolute atomic E-state index is 4.76. The number of hydrogen-bond acceptors (Lipinski definition) is 4. The third kappa shape index (κ3) is 1.24. The summed E-state index contributed by atoms with van der Waals surface area (Å²) in [5.74, 6) is 0.623. The number of nitrogens with zero attached hydrogens (tertiary/aromatic N) is 2. The molecule has 15 heavy (non-hydrogen) atoms. The van der Waals surface area contributed by atoms with Gasteiger partial charge in [-0.05, 0) is 27.7 Å². The van der Waals surface area contributed by atoms with Crippen molar-refractivity contribution in [3.8, 4) is 0 Å². The molecule has 1 fully saturated rings. The molecule has 0 aromatic carbocycles. The Morgan fingerprint density at radius 3 is 2.47 bits per heavy atom. The fraction of sp³-hybridized carbons (Fsp3) is 0.636. The Morgan fingerprint density at radius 1 is 1.27 bits per heavy atom. The van der Waals surface area contributed by atoms with Crippen LogP contribution in [-0.2, 0) is 0 Å². The van der Waals surface area contributed by atoms with Crippen LogP contribution < -0.4 is 0 Å². The van der Waals surface area contributed by atoms with E-state index >= 15 is 0 Å². The van der Waals surface area contributed by atoms with Crippen molar-refractivity contribution in [1.29, 1.82) is 0 Å². The predicted octanol–water partition coefficient (Wildman–Crippen LogP) is 3.15. The molecule has 0 radical (unpaired) electrons. The van der Waals surface area contributed by atoms with E-state index in [1.165, 1.54) is 20.6 Å².